The molecule has 57 heavy (non-hydrogen) atoms. The molecule has 3 N–H and O–H groups in total. The molecule has 0 aromatic heterocycles. The summed E-state index contributed by atoms with van der Waals surface area (Å²) in [6.45, 7) is 29.2. The molecule has 302 valence electrons. The van der Waals surface area contributed by atoms with Gasteiger partial charge >= 0.3 is 0 Å². The van der Waals surface area contributed by atoms with Crippen LogP contribution in [-0.4, -0.2) is 21.9 Å². The number of phenols is 3. The highest BCUT2D eigenvalue weighted by Gasteiger charge is 2.28. The molecule has 0 unspecified atom stereocenters. The number of fused-ring (bicyclic) bond motifs is 8. The maximum atomic E-state index is 12.3. The Morgan fingerprint density at radius 1 is 0.439 bits per heavy atom. The predicted octanol–water partition coefficient (Wildman–Crippen LogP) is 12.9. The number of phenolic OH excluding ortho intramolecular Hbond substituents is 3. The lowest BCUT2D eigenvalue weighted by Crippen LogP contribution is -2.17. The van der Waals surface area contributed by atoms with Crippen LogP contribution in [0.25, 0.3) is 0 Å². The maximum Gasteiger partial charge on any atom is 0.126 e. The highest BCUT2D eigenvalue weighted by atomic mass is 16.5. The zero-order chi connectivity index (χ0) is 41.8. The van der Waals surface area contributed by atoms with E-state index in [0.717, 1.165) is 66.9 Å². The number of hydrogen-bond acceptors (Lipinski definition) is 4. The van der Waals surface area contributed by atoms with Crippen LogP contribution in [0.4, 0.5) is 0 Å². The third-order valence-electron chi connectivity index (χ3n) is 11.9. The van der Waals surface area contributed by atoms with E-state index in [-0.39, 0.29) is 44.8 Å². The van der Waals surface area contributed by atoms with Gasteiger partial charge in [-0.15, -0.1) is 0 Å². The molecule has 0 saturated heterocycles. The normalized spacial score (nSPS) is 14.3. The second-order valence-corrected chi connectivity index (χ2v) is 20.9. The summed E-state index contributed by atoms with van der Waals surface area (Å²) in [7, 11) is 0. The van der Waals surface area contributed by atoms with Crippen LogP contribution in [0.1, 0.15) is 168 Å². The third-order valence-corrected chi connectivity index (χ3v) is 11.9. The van der Waals surface area contributed by atoms with E-state index in [4.69, 9.17) is 4.74 Å². The minimum Gasteiger partial charge on any atom is -0.507 e. The Bertz CT molecular complexity index is 2150. The van der Waals surface area contributed by atoms with Crippen molar-refractivity contribution in [2.45, 2.75) is 143 Å². The van der Waals surface area contributed by atoms with E-state index in [1.54, 1.807) is 0 Å². The van der Waals surface area contributed by atoms with E-state index >= 15 is 0 Å². The Kier molecular flexibility index (Phi) is 11.2. The number of ether oxygens (including phenoxy) is 1. The van der Waals surface area contributed by atoms with Crippen molar-refractivity contribution in [2.24, 2.45) is 0 Å². The Hall–Kier alpha value is -4.70. The summed E-state index contributed by atoms with van der Waals surface area (Å²) in [6, 6.07) is 27.7. The fourth-order valence-corrected chi connectivity index (χ4v) is 7.93. The van der Waals surface area contributed by atoms with E-state index in [9.17, 15) is 15.3 Å². The van der Waals surface area contributed by atoms with Crippen LogP contribution < -0.4 is 4.74 Å². The van der Waals surface area contributed by atoms with Gasteiger partial charge < -0.3 is 20.1 Å². The highest BCUT2D eigenvalue weighted by Crippen LogP contribution is 2.43. The minimum atomic E-state index is -0.194. The van der Waals surface area contributed by atoms with Gasteiger partial charge in [0.2, 0.25) is 0 Å². The molecule has 0 spiro atoms. The summed E-state index contributed by atoms with van der Waals surface area (Å²) in [5.74, 6) is 1.66. The molecule has 0 fully saturated rings. The van der Waals surface area contributed by atoms with Gasteiger partial charge in [0, 0.05) is 31.6 Å². The summed E-state index contributed by atoms with van der Waals surface area (Å²) >= 11 is 0. The molecule has 4 heteroatoms. The molecular formula is C53H66O4. The van der Waals surface area contributed by atoms with Crippen LogP contribution in [0.5, 0.6) is 23.0 Å². The average molecular weight is 767 g/mol. The van der Waals surface area contributed by atoms with Gasteiger partial charge in [-0.25, -0.2) is 0 Å². The van der Waals surface area contributed by atoms with E-state index in [2.05, 4.69) is 163 Å². The van der Waals surface area contributed by atoms with Crippen molar-refractivity contribution < 1.29 is 20.1 Å². The Labute approximate surface area is 343 Å². The molecule has 0 radical (unpaired) electrons. The number of rotatable bonds is 4. The summed E-state index contributed by atoms with van der Waals surface area (Å²) in [5, 5.41) is 36.7. The first kappa shape index (κ1) is 41.9. The molecule has 0 heterocycles. The van der Waals surface area contributed by atoms with E-state index in [1.807, 2.05) is 6.07 Å². The molecule has 0 amide bonds. The van der Waals surface area contributed by atoms with Crippen molar-refractivity contribution in [3.63, 3.8) is 0 Å². The van der Waals surface area contributed by atoms with E-state index in [1.165, 1.54) is 11.1 Å². The Morgan fingerprint density at radius 2 is 0.702 bits per heavy atom. The molecule has 5 aromatic rings. The standard InChI is InChI=1S/C53H66O4/c1-32(33-17-15-14-16-18-33)31-57-49-40-21-38-27-43(51(5,6)7)25-36(47(38)55)19-34-23-42(50(2,3)4)24-35(46(34)54)20-37-26-44(52(8,9)10)28-39(48(37)56)22-41(49)30-45(29-40)53(11,12)13/h14-18,23-30,32,54-56H,19-22,31H2,1-13H3/t32-/m0/s1. The molecule has 1 aliphatic carbocycles. The molecule has 0 aliphatic heterocycles. The van der Waals surface area contributed by atoms with Crippen LogP contribution in [0.15, 0.2) is 78.9 Å². The quantitative estimate of drug-likeness (QED) is 0.167. The maximum absolute atomic E-state index is 12.3. The largest absolute Gasteiger partial charge is 0.507 e. The van der Waals surface area contributed by atoms with Crippen LogP contribution in [-0.2, 0) is 47.3 Å². The molecule has 6 rings (SSSR count). The number of hydrogen-bond donors (Lipinski definition) is 3. The lowest BCUT2D eigenvalue weighted by molar-refractivity contribution is 0.290. The van der Waals surface area contributed by atoms with Crippen molar-refractivity contribution in [2.75, 3.05) is 6.61 Å². The number of benzene rings is 5. The fourth-order valence-electron chi connectivity index (χ4n) is 7.93. The predicted molar refractivity (Wildman–Crippen MR) is 237 cm³/mol. The SMILES string of the molecule is C[C@@H](COc1c2cc(C(C)(C)C)cc1Cc1cc(C(C)(C)C)cc(c1O)Cc1cc(C(C)(C)C)cc(c1O)Cc1cc(C(C)(C)C)cc(c1O)C2)c1ccccc1. The van der Waals surface area contributed by atoms with Crippen LogP contribution >= 0.6 is 0 Å². The van der Waals surface area contributed by atoms with E-state index in [0.29, 0.717) is 32.3 Å². The van der Waals surface area contributed by atoms with Gasteiger partial charge in [0.1, 0.15) is 23.0 Å². The third kappa shape index (κ3) is 9.22. The first-order valence-corrected chi connectivity index (χ1v) is 20.8. The average Bonchev–Trinajstić information content (AvgIpc) is 3.10. The van der Waals surface area contributed by atoms with Gasteiger partial charge in [0.05, 0.1) is 6.61 Å². The summed E-state index contributed by atoms with van der Waals surface area (Å²) in [6.07, 6.45) is 1.62. The van der Waals surface area contributed by atoms with Gasteiger partial charge in [0.25, 0.3) is 0 Å². The van der Waals surface area contributed by atoms with Crippen molar-refractivity contribution in [3.05, 3.63) is 151 Å². The fraction of sp³-hybridized carbons (Fsp3) is 0.434. The zero-order valence-corrected chi connectivity index (χ0v) is 36.9. The second-order valence-electron chi connectivity index (χ2n) is 20.9. The zero-order valence-electron chi connectivity index (χ0n) is 36.9. The molecule has 1 atom stereocenters. The Balaban J connectivity index is 1.68. The van der Waals surface area contributed by atoms with Crippen molar-refractivity contribution >= 4 is 0 Å². The van der Waals surface area contributed by atoms with Crippen LogP contribution in [0.2, 0.25) is 0 Å². The molecule has 8 bridgehead atoms. The second kappa shape index (κ2) is 15.2. The van der Waals surface area contributed by atoms with Gasteiger partial charge in [0.15, 0.2) is 0 Å². The summed E-state index contributed by atoms with van der Waals surface area (Å²) < 4.78 is 7.01. The molecular weight excluding hydrogens is 701 g/mol. The monoisotopic (exact) mass is 766 g/mol. The minimum absolute atomic E-state index is 0.139. The van der Waals surface area contributed by atoms with Crippen LogP contribution in [0.3, 0.4) is 0 Å². The van der Waals surface area contributed by atoms with E-state index < -0.39 is 0 Å². The van der Waals surface area contributed by atoms with Crippen LogP contribution in [0, 0.1) is 0 Å². The van der Waals surface area contributed by atoms with Gasteiger partial charge in [-0.3, -0.25) is 0 Å². The molecule has 1 aliphatic rings. The van der Waals surface area contributed by atoms with Crippen molar-refractivity contribution in [1.29, 1.82) is 0 Å². The first-order valence-electron chi connectivity index (χ1n) is 20.8. The molecule has 5 aromatic carbocycles. The first-order chi connectivity index (χ1) is 26.4. The molecule has 0 saturated carbocycles. The van der Waals surface area contributed by atoms with Crippen molar-refractivity contribution in [3.8, 4) is 23.0 Å². The Morgan fingerprint density at radius 3 is 0.982 bits per heavy atom. The number of aromatic hydroxyl groups is 3. The highest BCUT2D eigenvalue weighted by molar-refractivity contribution is 5.59. The summed E-state index contributed by atoms with van der Waals surface area (Å²) in [4.78, 5) is 0. The van der Waals surface area contributed by atoms with Gasteiger partial charge in [-0.1, -0.05) is 169 Å². The summed E-state index contributed by atoms with van der Waals surface area (Å²) in [5.41, 5.74) is 11.7. The topological polar surface area (TPSA) is 69.9 Å². The lowest BCUT2D eigenvalue weighted by Gasteiger charge is -2.28. The van der Waals surface area contributed by atoms with Crippen molar-refractivity contribution in [1.82, 2.24) is 0 Å². The van der Waals surface area contributed by atoms with Gasteiger partial charge in [-0.2, -0.15) is 0 Å². The van der Waals surface area contributed by atoms with Gasteiger partial charge in [-0.05, 0) is 94.0 Å². The smallest absolute Gasteiger partial charge is 0.126 e. The lowest BCUT2D eigenvalue weighted by atomic mass is 9.79. The molecule has 4 nitrogen and oxygen atoms in total.